The molecule has 1 aliphatic rings. The lowest BCUT2D eigenvalue weighted by Crippen LogP contribution is -2.33. The van der Waals surface area contributed by atoms with Crippen LogP contribution >= 0.6 is 11.8 Å². The molecule has 0 radical (unpaired) electrons. The van der Waals surface area contributed by atoms with E-state index in [4.69, 9.17) is 4.98 Å². The van der Waals surface area contributed by atoms with E-state index in [-0.39, 0.29) is 11.9 Å². The van der Waals surface area contributed by atoms with E-state index in [9.17, 15) is 4.79 Å². The maximum atomic E-state index is 13.6. The molecule has 1 fully saturated rings. The van der Waals surface area contributed by atoms with Gasteiger partial charge in [0.15, 0.2) is 5.69 Å². The van der Waals surface area contributed by atoms with Crippen molar-refractivity contribution in [3.05, 3.63) is 59.9 Å². The molecular weight excluding hydrogens is 398 g/mol. The highest BCUT2D eigenvalue weighted by molar-refractivity contribution is 7.98. The van der Waals surface area contributed by atoms with Gasteiger partial charge in [0, 0.05) is 17.1 Å². The summed E-state index contributed by atoms with van der Waals surface area (Å²) in [6.07, 6.45) is 7.01. The minimum atomic E-state index is -0.126. The second-order valence-electron chi connectivity index (χ2n) is 7.30. The summed E-state index contributed by atoms with van der Waals surface area (Å²) in [6.45, 7) is 2.54. The smallest absolute Gasteiger partial charge is 0.275 e. The predicted octanol–water partition coefficient (Wildman–Crippen LogP) is 3.55. The van der Waals surface area contributed by atoms with E-state index in [1.807, 2.05) is 36.3 Å². The molecule has 1 saturated heterocycles. The molecule has 3 aromatic heterocycles. The molecule has 0 unspecified atom stereocenters. The van der Waals surface area contributed by atoms with Gasteiger partial charge in [0.25, 0.3) is 5.91 Å². The van der Waals surface area contributed by atoms with Crippen molar-refractivity contribution in [2.45, 2.75) is 30.7 Å². The van der Waals surface area contributed by atoms with Gasteiger partial charge in [-0.05, 0) is 56.4 Å². The lowest BCUT2D eigenvalue weighted by Gasteiger charge is -2.23. The fourth-order valence-electron chi connectivity index (χ4n) is 3.93. The van der Waals surface area contributed by atoms with E-state index in [2.05, 4.69) is 32.3 Å². The lowest BCUT2D eigenvalue weighted by molar-refractivity contribution is 0.0724. The zero-order chi connectivity index (χ0) is 20.7. The zero-order valence-corrected chi connectivity index (χ0v) is 17.6. The molecule has 1 N–H and O–H groups in total. The van der Waals surface area contributed by atoms with Crippen LogP contribution in [0.4, 0.5) is 0 Å². The van der Waals surface area contributed by atoms with Crippen LogP contribution in [0.15, 0.2) is 47.6 Å². The van der Waals surface area contributed by atoms with Crippen LogP contribution in [-0.2, 0) is 0 Å². The van der Waals surface area contributed by atoms with Crippen molar-refractivity contribution < 1.29 is 4.79 Å². The molecule has 0 bridgehead atoms. The quantitative estimate of drug-likeness (QED) is 0.509. The minimum Gasteiger partial charge on any atom is -0.340 e. The first kappa shape index (κ1) is 18.8. The first-order valence-electron chi connectivity index (χ1n) is 9.83. The number of amides is 1. The van der Waals surface area contributed by atoms with Crippen molar-refractivity contribution in [3.8, 4) is 5.69 Å². The highest BCUT2D eigenvalue weighted by Gasteiger charge is 2.34. The number of carbonyl (C=O) groups is 1. The van der Waals surface area contributed by atoms with Crippen LogP contribution in [0.25, 0.3) is 16.7 Å². The van der Waals surface area contributed by atoms with E-state index >= 15 is 0 Å². The number of hydrogen-bond acceptors (Lipinski definition) is 6. The van der Waals surface area contributed by atoms with Gasteiger partial charge in [0.05, 0.1) is 29.5 Å². The third-order valence-corrected chi connectivity index (χ3v) is 6.11. The molecule has 30 heavy (non-hydrogen) atoms. The van der Waals surface area contributed by atoms with E-state index < -0.39 is 0 Å². The summed E-state index contributed by atoms with van der Waals surface area (Å²) in [6, 6.07) is 9.79. The topological polar surface area (TPSA) is 92.6 Å². The second kappa shape index (κ2) is 7.56. The van der Waals surface area contributed by atoms with Gasteiger partial charge in [-0.3, -0.25) is 4.79 Å². The number of aromatic amines is 1. The second-order valence-corrected chi connectivity index (χ2v) is 8.18. The zero-order valence-electron chi connectivity index (χ0n) is 16.7. The van der Waals surface area contributed by atoms with Gasteiger partial charge < -0.3 is 9.88 Å². The van der Waals surface area contributed by atoms with E-state index in [0.29, 0.717) is 17.9 Å². The van der Waals surface area contributed by atoms with Gasteiger partial charge >= 0.3 is 0 Å². The number of nitrogens with one attached hydrogen (secondary N) is 1. The Morgan fingerprint density at radius 3 is 2.80 bits per heavy atom. The molecule has 1 amide bonds. The van der Waals surface area contributed by atoms with Crippen LogP contribution in [0.3, 0.4) is 0 Å². The first-order valence-corrected chi connectivity index (χ1v) is 11.1. The monoisotopic (exact) mass is 419 g/mol. The lowest BCUT2D eigenvalue weighted by atomic mass is 10.2. The average Bonchev–Trinajstić information content (AvgIpc) is 3.52. The first-order chi connectivity index (χ1) is 14.6. The normalized spacial score (nSPS) is 16.5. The van der Waals surface area contributed by atoms with E-state index in [1.165, 1.54) is 9.69 Å². The Bertz CT molecular complexity index is 1220. The van der Waals surface area contributed by atoms with Gasteiger partial charge in [-0.15, -0.1) is 16.6 Å². The number of thioether (sulfide) groups is 1. The van der Waals surface area contributed by atoms with Gasteiger partial charge in [-0.1, -0.05) is 0 Å². The van der Waals surface area contributed by atoms with E-state index in [0.717, 1.165) is 35.4 Å². The fraction of sp³-hybridized carbons (Fsp3) is 0.286. The molecule has 1 aliphatic heterocycles. The van der Waals surface area contributed by atoms with Crippen molar-refractivity contribution in [2.24, 2.45) is 0 Å². The average molecular weight is 420 g/mol. The molecule has 0 spiro atoms. The third kappa shape index (κ3) is 3.24. The molecule has 4 aromatic rings. The molecule has 0 aliphatic carbocycles. The highest BCUT2D eigenvalue weighted by Crippen LogP contribution is 2.33. The molecule has 152 valence electrons. The highest BCUT2D eigenvalue weighted by atomic mass is 32.2. The molecule has 1 aromatic carbocycles. The summed E-state index contributed by atoms with van der Waals surface area (Å²) in [4.78, 5) is 30.8. The Balaban J connectivity index is 1.51. The maximum absolute atomic E-state index is 13.6. The number of likely N-dealkylation sites (tertiary alicyclic amines) is 1. The number of aromatic nitrogens is 6. The Morgan fingerprint density at radius 1 is 1.17 bits per heavy atom. The molecule has 9 heteroatoms. The molecular formula is C21H21N7OS. The number of pyridine rings is 1. The Morgan fingerprint density at radius 2 is 2.00 bits per heavy atom. The SMILES string of the molecule is CSc1ccc2[nH]c([C@@H]3CCCN3C(=O)c3nc(C)ccc3-n3nccn3)nc2c1. The summed E-state index contributed by atoms with van der Waals surface area (Å²) in [7, 11) is 0. The van der Waals surface area contributed by atoms with Gasteiger partial charge in [0.2, 0.25) is 0 Å². The summed E-state index contributed by atoms with van der Waals surface area (Å²) >= 11 is 1.69. The van der Waals surface area contributed by atoms with Crippen LogP contribution in [0, 0.1) is 6.92 Å². The molecule has 5 rings (SSSR count). The Labute approximate surface area is 177 Å². The molecule has 4 heterocycles. The number of hydrogen-bond donors (Lipinski definition) is 1. The number of H-pyrrole nitrogens is 1. The van der Waals surface area contributed by atoms with Crippen molar-refractivity contribution in [3.63, 3.8) is 0 Å². The summed E-state index contributed by atoms with van der Waals surface area (Å²) in [5, 5.41) is 8.36. The number of imidazole rings is 1. The van der Waals surface area contributed by atoms with Gasteiger partial charge in [0.1, 0.15) is 11.5 Å². The number of nitrogens with zero attached hydrogens (tertiary/aromatic N) is 6. The number of aryl methyl sites for hydroxylation is 1. The number of fused-ring (bicyclic) bond motifs is 1. The maximum Gasteiger partial charge on any atom is 0.275 e. The summed E-state index contributed by atoms with van der Waals surface area (Å²) in [5.41, 5.74) is 3.62. The van der Waals surface area contributed by atoms with Gasteiger partial charge in [-0.25, -0.2) is 9.97 Å². The van der Waals surface area contributed by atoms with Crippen molar-refractivity contribution >= 4 is 28.7 Å². The molecule has 1 atom stereocenters. The van der Waals surface area contributed by atoms with Crippen molar-refractivity contribution in [1.82, 2.24) is 34.8 Å². The summed E-state index contributed by atoms with van der Waals surface area (Å²) < 4.78 is 0. The van der Waals surface area contributed by atoms with Crippen LogP contribution in [-0.4, -0.2) is 53.6 Å². The number of rotatable bonds is 4. The van der Waals surface area contributed by atoms with Crippen LogP contribution < -0.4 is 0 Å². The Hall–Kier alpha value is -3.20. The summed E-state index contributed by atoms with van der Waals surface area (Å²) in [5.74, 6) is 0.694. The molecule has 0 saturated carbocycles. The fourth-order valence-corrected chi connectivity index (χ4v) is 4.36. The predicted molar refractivity (Wildman–Crippen MR) is 115 cm³/mol. The molecule has 8 nitrogen and oxygen atoms in total. The van der Waals surface area contributed by atoms with Crippen LogP contribution in [0.5, 0.6) is 0 Å². The number of benzene rings is 1. The van der Waals surface area contributed by atoms with Gasteiger partial charge in [-0.2, -0.15) is 10.2 Å². The minimum absolute atomic E-state index is 0.108. The Kier molecular flexibility index (Phi) is 4.74. The van der Waals surface area contributed by atoms with Crippen LogP contribution in [0.2, 0.25) is 0 Å². The largest absolute Gasteiger partial charge is 0.340 e. The van der Waals surface area contributed by atoms with E-state index in [1.54, 1.807) is 24.2 Å². The number of carbonyl (C=O) groups excluding carboxylic acids is 1. The van der Waals surface area contributed by atoms with Crippen molar-refractivity contribution in [1.29, 1.82) is 0 Å². The third-order valence-electron chi connectivity index (χ3n) is 5.39. The standard InChI is InChI=1S/C21H21N7OS/c1-13-5-8-17(28-22-9-10-23-28)19(24-13)21(29)27-11-3-4-18(27)20-25-15-7-6-14(30-2)12-16(15)26-20/h5-10,12,18H,3-4,11H2,1-2H3,(H,25,26)/t18-/m0/s1. The van der Waals surface area contributed by atoms with Crippen molar-refractivity contribution in [2.75, 3.05) is 12.8 Å². The van der Waals surface area contributed by atoms with Crippen LogP contribution in [0.1, 0.15) is 40.9 Å².